The average molecular weight is 900 g/mol. The summed E-state index contributed by atoms with van der Waals surface area (Å²) >= 11 is 0. The van der Waals surface area contributed by atoms with Gasteiger partial charge in [-0.25, -0.2) is 9.78 Å². The van der Waals surface area contributed by atoms with Gasteiger partial charge in [-0.05, 0) is 98.2 Å². The topological polar surface area (TPSA) is 213 Å². The molecule has 3 rings (SSSR count). The summed E-state index contributed by atoms with van der Waals surface area (Å²) < 4.78 is 32.8. The van der Waals surface area contributed by atoms with Crippen LogP contribution in [0.4, 0.5) is 10.6 Å². The first-order chi connectivity index (χ1) is 31.3. The van der Waals surface area contributed by atoms with Crippen LogP contribution in [-0.4, -0.2) is 120 Å². The summed E-state index contributed by atoms with van der Waals surface area (Å²) in [5, 5.41) is 11.2. The summed E-state index contributed by atoms with van der Waals surface area (Å²) in [5.41, 5.74) is 10.9. The first kappa shape index (κ1) is 53.2. The van der Waals surface area contributed by atoms with Gasteiger partial charge in [-0.2, -0.15) is 0 Å². The second-order valence-electron chi connectivity index (χ2n) is 15.8. The number of amides is 3. The Morgan fingerprint density at radius 1 is 0.892 bits per heavy atom. The minimum atomic E-state index is -1.15. The van der Waals surface area contributed by atoms with E-state index in [9.17, 15) is 19.2 Å². The minimum Gasteiger partial charge on any atom is -0.469 e. The number of aromatic nitrogens is 1. The zero-order valence-electron chi connectivity index (χ0n) is 38.6. The molecule has 2 aromatic carbocycles. The third kappa shape index (κ3) is 20.5. The molecule has 3 aromatic rings. The van der Waals surface area contributed by atoms with Crippen LogP contribution in [0.3, 0.4) is 0 Å². The number of nitrogens with one attached hydrogen (secondary N) is 2. The van der Waals surface area contributed by atoms with Gasteiger partial charge in [0.1, 0.15) is 17.5 Å². The van der Waals surface area contributed by atoms with Crippen molar-refractivity contribution in [1.82, 2.24) is 15.6 Å². The van der Waals surface area contributed by atoms with Crippen LogP contribution >= 0.6 is 0 Å². The van der Waals surface area contributed by atoms with Crippen molar-refractivity contribution in [1.29, 1.82) is 0 Å². The SMILES string of the molecule is C=C(/C=C\C(=C/C)c1cccc2ccccc12)[C@H](CC(=O)OC)NC(=O)[C@H](COCCOCCOCCOCCN=[N+]=[N-])NC(=O)CCCCN(C(=O)OC(C)(C)C)c1cc(C)ccn1. The van der Waals surface area contributed by atoms with E-state index >= 15 is 0 Å². The van der Waals surface area contributed by atoms with Crippen LogP contribution in [0.2, 0.25) is 0 Å². The van der Waals surface area contributed by atoms with Gasteiger partial charge in [0.25, 0.3) is 0 Å². The Morgan fingerprint density at radius 2 is 1.57 bits per heavy atom. The number of ether oxygens (including phenoxy) is 6. The number of allylic oxidation sites excluding steroid dienone is 3. The molecule has 352 valence electrons. The van der Waals surface area contributed by atoms with Gasteiger partial charge in [0.2, 0.25) is 11.8 Å². The molecule has 2 N–H and O–H groups in total. The number of unbranched alkanes of at least 4 members (excludes halogenated alkanes) is 1. The number of hydrogen-bond donors (Lipinski definition) is 2. The highest BCUT2D eigenvalue weighted by Gasteiger charge is 2.27. The molecule has 0 radical (unpaired) electrons. The molecule has 3 amide bonds. The van der Waals surface area contributed by atoms with E-state index < -0.39 is 41.6 Å². The Bertz CT molecular complexity index is 2110. The first-order valence-corrected chi connectivity index (χ1v) is 21.7. The van der Waals surface area contributed by atoms with E-state index in [1.165, 1.54) is 12.0 Å². The molecule has 17 heteroatoms. The zero-order valence-corrected chi connectivity index (χ0v) is 38.6. The molecule has 2 atom stereocenters. The first-order valence-electron chi connectivity index (χ1n) is 21.7. The van der Waals surface area contributed by atoms with Gasteiger partial charge >= 0.3 is 12.1 Å². The number of methoxy groups -OCH3 is 1. The van der Waals surface area contributed by atoms with Crippen LogP contribution in [0, 0.1) is 6.92 Å². The number of esters is 1. The Balaban J connectivity index is 1.67. The van der Waals surface area contributed by atoms with Crippen molar-refractivity contribution in [3.63, 3.8) is 0 Å². The van der Waals surface area contributed by atoms with E-state index in [1.54, 1.807) is 39.1 Å². The fourth-order valence-electron chi connectivity index (χ4n) is 6.23. The summed E-state index contributed by atoms with van der Waals surface area (Å²) in [6, 6.07) is 15.7. The van der Waals surface area contributed by atoms with Crippen LogP contribution in [0.25, 0.3) is 26.8 Å². The number of pyridine rings is 1. The lowest BCUT2D eigenvalue weighted by atomic mass is 9.96. The number of nitrogens with zero attached hydrogens (tertiary/aromatic N) is 5. The normalized spacial score (nSPS) is 12.6. The van der Waals surface area contributed by atoms with Gasteiger partial charge < -0.3 is 39.1 Å². The Hall–Kier alpha value is -6.10. The molecule has 0 aliphatic heterocycles. The van der Waals surface area contributed by atoms with Crippen molar-refractivity contribution in [2.45, 2.75) is 78.0 Å². The summed E-state index contributed by atoms with van der Waals surface area (Å²) in [6.07, 6.45) is 7.31. The number of anilines is 1. The number of benzene rings is 2. The molecular formula is C48H65N7O10. The van der Waals surface area contributed by atoms with E-state index in [-0.39, 0.29) is 52.4 Å². The molecular weight excluding hydrogens is 835 g/mol. The predicted octanol–water partition coefficient (Wildman–Crippen LogP) is 7.58. The summed E-state index contributed by atoms with van der Waals surface area (Å²) in [7, 11) is 1.26. The molecule has 0 saturated heterocycles. The number of carbonyl (C=O) groups excluding carboxylic acids is 4. The van der Waals surface area contributed by atoms with E-state index in [4.69, 9.17) is 34.0 Å². The standard InChI is InChI=1S/C48H65N7O10/c1-8-37(39-17-13-15-38-14-9-10-16-40(38)39)20-19-36(3)41(33-45(57)60-7)53-46(58)42(34-64-31-30-63-29-28-62-27-26-61-25-23-51-54-49)52-44(56)18-11-12-24-55(47(59)65-48(4,5)6)43-32-35(2)21-22-50-43/h8-10,13-17,19-22,32,41-42H,3,11-12,18,23-31,33-34H2,1-2,4-7H3,(H,52,56)(H,53,58)/b20-19-,37-8+/t41-,42-/m0/s1. The number of azide groups is 1. The van der Waals surface area contributed by atoms with Crippen molar-refractivity contribution in [2.24, 2.45) is 5.11 Å². The van der Waals surface area contributed by atoms with Crippen LogP contribution < -0.4 is 15.5 Å². The van der Waals surface area contributed by atoms with Crippen LogP contribution in [0.15, 0.2) is 96.3 Å². The van der Waals surface area contributed by atoms with Gasteiger partial charge in [-0.1, -0.05) is 72.4 Å². The van der Waals surface area contributed by atoms with Crippen LogP contribution in [0.1, 0.15) is 64.5 Å². The number of aryl methyl sites for hydroxylation is 1. The van der Waals surface area contributed by atoms with Crippen molar-refractivity contribution in [3.8, 4) is 0 Å². The summed E-state index contributed by atoms with van der Waals surface area (Å²) in [6.45, 7) is 15.6. The van der Waals surface area contributed by atoms with Gasteiger partial charge in [-0.3, -0.25) is 19.3 Å². The highest BCUT2D eigenvalue weighted by molar-refractivity contribution is 5.96. The second-order valence-corrected chi connectivity index (χ2v) is 15.8. The molecule has 0 spiro atoms. The van der Waals surface area contributed by atoms with Crippen molar-refractivity contribution in [2.75, 3.05) is 78.0 Å². The highest BCUT2D eigenvalue weighted by Crippen LogP contribution is 2.27. The Kier molecular flexibility index (Phi) is 24.1. The zero-order chi connectivity index (χ0) is 47.5. The smallest absolute Gasteiger partial charge is 0.416 e. The lowest BCUT2D eigenvalue weighted by Gasteiger charge is -2.27. The van der Waals surface area contributed by atoms with E-state index in [2.05, 4.69) is 32.2 Å². The monoisotopic (exact) mass is 899 g/mol. The molecule has 0 saturated carbocycles. The molecule has 0 aliphatic rings. The second kappa shape index (κ2) is 29.4. The number of rotatable bonds is 29. The molecule has 0 fully saturated rings. The maximum atomic E-state index is 14.0. The summed E-state index contributed by atoms with van der Waals surface area (Å²) in [5.74, 6) is -1.15. The average Bonchev–Trinajstić information content (AvgIpc) is 3.27. The number of carbonyl (C=O) groups is 4. The van der Waals surface area contributed by atoms with Crippen molar-refractivity contribution >= 4 is 46.0 Å². The van der Waals surface area contributed by atoms with Crippen molar-refractivity contribution in [3.05, 3.63) is 113 Å². The molecule has 0 aliphatic carbocycles. The van der Waals surface area contributed by atoms with E-state index in [1.807, 2.05) is 74.5 Å². The molecule has 1 heterocycles. The third-order valence-electron chi connectivity index (χ3n) is 9.53. The van der Waals surface area contributed by atoms with Gasteiger partial charge in [0.15, 0.2) is 0 Å². The fraction of sp³-hybridized carbons (Fsp3) is 0.479. The molecule has 65 heavy (non-hydrogen) atoms. The fourth-order valence-corrected chi connectivity index (χ4v) is 6.23. The Labute approximate surface area is 382 Å². The van der Waals surface area contributed by atoms with Gasteiger partial charge in [-0.15, -0.1) is 0 Å². The highest BCUT2D eigenvalue weighted by atomic mass is 16.6. The molecule has 17 nitrogen and oxygen atoms in total. The minimum absolute atomic E-state index is 0.0382. The maximum absolute atomic E-state index is 14.0. The molecule has 1 aromatic heterocycles. The quantitative estimate of drug-likeness (QED) is 0.0173. The maximum Gasteiger partial charge on any atom is 0.416 e. The van der Waals surface area contributed by atoms with Crippen LogP contribution in [0.5, 0.6) is 0 Å². The predicted molar refractivity (Wildman–Crippen MR) is 250 cm³/mol. The van der Waals surface area contributed by atoms with Gasteiger partial charge in [0.05, 0.1) is 72.4 Å². The summed E-state index contributed by atoms with van der Waals surface area (Å²) in [4.78, 5) is 61.7. The van der Waals surface area contributed by atoms with E-state index in [0.717, 1.165) is 27.5 Å². The van der Waals surface area contributed by atoms with Crippen LogP contribution in [-0.2, 0) is 42.8 Å². The number of fused-ring (bicyclic) bond motifs is 1. The van der Waals surface area contributed by atoms with E-state index in [0.29, 0.717) is 50.7 Å². The molecule has 0 unspecified atom stereocenters. The Morgan fingerprint density at radius 3 is 2.23 bits per heavy atom. The number of hydrogen-bond acceptors (Lipinski definition) is 12. The lowest BCUT2D eigenvalue weighted by Crippen LogP contribution is -2.52. The van der Waals surface area contributed by atoms with Crippen molar-refractivity contribution < 1.29 is 47.6 Å². The third-order valence-corrected chi connectivity index (χ3v) is 9.53. The largest absolute Gasteiger partial charge is 0.469 e. The lowest BCUT2D eigenvalue weighted by molar-refractivity contribution is -0.141. The van der Waals surface area contributed by atoms with Gasteiger partial charge in [0, 0.05) is 30.6 Å². The molecule has 0 bridgehead atoms.